The van der Waals surface area contributed by atoms with E-state index in [0.29, 0.717) is 30.1 Å². The van der Waals surface area contributed by atoms with Gasteiger partial charge in [0.2, 0.25) is 0 Å². The van der Waals surface area contributed by atoms with Crippen LogP contribution >= 0.6 is 0 Å². The molecule has 5 nitrogen and oxygen atoms in total. The highest BCUT2D eigenvalue weighted by Crippen LogP contribution is 2.28. The molecule has 0 unspecified atom stereocenters. The van der Waals surface area contributed by atoms with Gasteiger partial charge in [-0.1, -0.05) is 26.5 Å². The number of likely N-dealkylation sites (tertiary alicyclic amines) is 1. The molecule has 3 rings (SSSR count). The Morgan fingerprint density at radius 1 is 1.24 bits per heavy atom. The van der Waals surface area contributed by atoms with Crippen LogP contribution in [0.15, 0.2) is 48.8 Å². The summed E-state index contributed by atoms with van der Waals surface area (Å²) in [5.74, 6) is 0.395. The van der Waals surface area contributed by atoms with E-state index in [1.54, 1.807) is 6.20 Å². The van der Waals surface area contributed by atoms with E-state index >= 15 is 0 Å². The quantitative estimate of drug-likeness (QED) is 0.774. The first-order valence-corrected chi connectivity index (χ1v) is 10.2. The van der Waals surface area contributed by atoms with Gasteiger partial charge in [0.25, 0.3) is 5.91 Å². The normalized spacial score (nSPS) is 13.7. The maximum atomic E-state index is 12.9. The zero-order chi connectivity index (χ0) is 21.4. The third-order valence-corrected chi connectivity index (χ3v) is 4.95. The van der Waals surface area contributed by atoms with E-state index < -0.39 is 0 Å². The van der Waals surface area contributed by atoms with E-state index in [9.17, 15) is 4.79 Å². The first kappa shape index (κ1) is 22.2. The number of allylic oxidation sites excluding steroid dienone is 1. The van der Waals surface area contributed by atoms with Crippen LogP contribution in [0.5, 0.6) is 0 Å². The van der Waals surface area contributed by atoms with Crippen LogP contribution in [0.1, 0.15) is 66.7 Å². The topological polar surface area (TPSA) is 69.0 Å². The molecule has 0 spiro atoms. The smallest absolute Gasteiger partial charge is 0.253 e. The third-order valence-electron chi connectivity index (χ3n) is 4.95. The van der Waals surface area contributed by atoms with Gasteiger partial charge in [-0.2, -0.15) is 5.26 Å². The van der Waals surface area contributed by atoms with Crippen molar-refractivity contribution in [1.29, 1.82) is 5.26 Å². The second-order valence-corrected chi connectivity index (χ2v) is 7.09. The van der Waals surface area contributed by atoms with Crippen molar-refractivity contribution < 1.29 is 4.79 Å². The van der Waals surface area contributed by atoms with Crippen LogP contribution in [0.2, 0.25) is 0 Å². The van der Waals surface area contributed by atoms with Crippen molar-refractivity contribution >= 4 is 11.6 Å². The summed E-state index contributed by atoms with van der Waals surface area (Å²) in [6.07, 6.45) is 3.38. The summed E-state index contributed by atoms with van der Waals surface area (Å²) in [5, 5.41) is 12.1. The van der Waals surface area contributed by atoms with Crippen molar-refractivity contribution in [2.45, 2.75) is 46.5 Å². The molecule has 1 aromatic carbocycles. The SMILES string of the molecule is C=C(C)Nc1cc(C(=O)N2CCC(c3ccc(C#N)cn3)CC2)ccc1C.CC. The molecular weight excluding hydrogens is 360 g/mol. The van der Waals surface area contributed by atoms with Crippen LogP contribution in [-0.4, -0.2) is 28.9 Å². The average Bonchev–Trinajstić information content (AvgIpc) is 2.76. The number of aromatic nitrogens is 1. The number of pyridine rings is 1. The number of hydrogen-bond acceptors (Lipinski definition) is 4. The number of amides is 1. The number of hydrogen-bond donors (Lipinski definition) is 1. The van der Waals surface area contributed by atoms with Crippen LogP contribution in [0.3, 0.4) is 0 Å². The first-order valence-electron chi connectivity index (χ1n) is 10.2. The summed E-state index contributed by atoms with van der Waals surface area (Å²) in [6, 6.07) is 11.6. The second kappa shape index (κ2) is 10.4. The summed E-state index contributed by atoms with van der Waals surface area (Å²) in [6.45, 7) is 13.2. The van der Waals surface area contributed by atoms with Crippen molar-refractivity contribution in [3.8, 4) is 6.07 Å². The van der Waals surface area contributed by atoms with E-state index in [-0.39, 0.29) is 5.91 Å². The Labute approximate surface area is 174 Å². The number of carbonyl (C=O) groups excluding carboxylic acids is 1. The van der Waals surface area contributed by atoms with Gasteiger partial charge in [0.05, 0.1) is 5.56 Å². The molecule has 1 aliphatic rings. The molecule has 0 saturated carbocycles. The van der Waals surface area contributed by atoms with Crippen molar-refractivity contribution in [2.24, 2.45) is 0 Å². The summed E-state index contributed by atoms with van der Waals surface area (Å²) in [7, 11) is 0. The lowest BCUT2D eigenvalue weighted by Gasteiger charge is -2.32. The molecule has 5 heteroatoms. The molecule has 1 aromatic heterocycles. The summed E-state index contributed by atoms with van der Waals surface area (Å²) in [5.41, 5.74) is 5.12. The van der Waals surface area contributed by atoms with Gasteiger partial charge in [-0.05, 0) is 56.5 Å². The second-order valence-electron chi connectivity index (χ2n) is 7.09. The molecule has 1 aliphatic heterocycles. The maximum Gasteiger partial charge on any atom is 0.253 e. The Morgan fingerprint density at radius 2 is 1.93 bits per heavy atom. The number of nitrogens with zero attached hydrogens (tertiary/aromatic N) is 3. The molecule has 0 atom stereocenters. The van der Waals surface area contributed by atoms with Gasteiger partial charge in [0, 0.05) is 47.8 Å². The van der Waals surface area contributed by atoms with Crippen LogP contribution < -0.4 is 5.32 Å². The van der Waals surface area contributed by atoms with Crippen LogP contribution in [0, 0.1) is 18.3 Å². The van der Waals surface area contributed by atoms with Gasteiger partial charge in [-0.25, -0.2) is 0 Å². The minimum Gasteiger partial charge on any atom is -0.359 e. The molecule has 1 saturated heterocycles. The van der Waals surface area contributed by atoms with Gasteiger partial charge < -0.3 is 10.2 Å². The Morgan fingerprint density at radius 3 is 2.48 bits per heavy atom. The van der Waals surface area contributed by atoms with E-state index in [4.69, 9.17) is 5.26 Å². The molecule has 0 aliphatic carbocycles. The summed E-state index contributed by atoms with van der Waals surface area (Å²) in [4.78, 5) is 19.2. The van der Waals surface area contributed by atoms with E-state index in [0.717, 1.165) is 35.5 Å². The Bertz CT molecular complexity index is 888. The van der Waals surface area contributed by atoms with Gasteiger partial charge in [0.15, 0.2) is 0 Å². The number of benzene rings is 1. The zero-order valence-electron chi connectivity index (χ0n) is 17.8. The molecular formula is C24H30N4O. The third kappa shape index (κ3) is 5.68. The van der Waals surface area contributed by atoms with Crippen LogP contribution in [0.4, 0.5) is 5.69 Å². The fourth-order valence-electron chi connectivity index (χ4n) is 3.39. The highest BCUT2D eigenvalue weighted by Gasteiger charge is 2.25. The fraction of sp³-hybridized carbons (Fsp3) is 0.375. The largest absolute Gasteiger partial charge is 0.359 e. The fourth-order valence-corrected chi connectivity index (χ4v) is 3.39. The Balaban J connectivity index is 0.00000145. The standard InChI is InChI=1S/C22H24N4O.C2H6/c1-15(2)25-21-12-19(6-4-16(21)3)22(27)26-10-8-18(9-11-26)20-7-5-17(13-23)14-24-20;1-2/h4-7,12,14,18,25H,1,8-11H2,2-3H3;1-2H3. The molecule has 1 fully saturated rings. The Hall–Kier alpha value is -3.13. The van der Waals surface area contributed by atoms with E-state index in [1.807, 2.05) is 62.9 Å². The first-order chi connectivity index (χ1) is 14.0. The van der Waals surface area contributed by atoms with Gasteiger partial charge in [-0.15, -0.1) is 0 Å². The van der Waals surface area contributed by atoms with Gasteiger partial charge in [0.1, 0.15) is 6.07 Å². The van der Waals surface area contributed by atoms with Crippen LogP contribution in [0.25, 0.3) is 0 Å². The number of nitriles is 1. The van der Waals surface area contributed by atoms with E-state index in [2.05, 4.69) is 22.9 Å². The van der Waals surface area contributed by atoms with Gasteiger partial charge in [-0.3, -0.25) is 9.78 Å². The minimum absolute atomic E-state index is 0.0611. The molecule has 1 N–H and O–H groups in total. The molecule has 1 amide bonds. The highest BCUT2D eigenvalue weighted by atomic mass is 16.2. The van der Waals surface area contributed by atoms with Crippen LogP contribution in [-0.2, 0) is 0 Å². The average molecular weight is 391 g/mol. The highest BCUT2D eigenvalue weighted by molar-refractivity contribution is 5.95. The number of anilines is 1. The van der Waals surface area contributed by atoms with E-state index in [1.165, 1.54) is 0 Å². The van der Waals surface area contributed by atoms with Crippen molar-refractivity contribution in [2.75, 3.05) is 18.4 Å². The molecule has 2 heterocycles. The summed E-state index contributed by atoms with van der Waals surface area (Å²) < 4.78 is 0. The van der Waals surface area contributed by atoms with Crippen molar-refractivity contribution in [1.82, 2.24) is 9.88 Å². The molecule has 29 heavy (non-hydrogen) atoms. The van der Waals surface area contributed by atoms with Crippen molar-refractivity contribution in [3.05, 3.63) is 71.2 Å². The zero-order valence-corrected chi connectivity index (χ0v) is 17.8. The lowest BCUT2D eigenvalue weighted by molar-refractivity contribution is 0.0712. The molecule has 0 bridgehead atoms. The number of aryl methyl sites for hydroxylation is 1. The summed E-state index contributed by atoms with van der Waals surface area (Å²) >= 11 is 0. The molecule has 0 radical (unpaired) electrons. The minimum atomic E-state index is 0.0611. The molecule has 152 valence electrons. The monoisotopic (exact) mass is 390 g/mol. The maximum absolute atomic E-state index is 12.9. The molecule has 2 aromatic rings. The number of carbonyl (C=O) groups is 1. The predicted molar refractivity (Wildman–Crippen MR) is 118 cm³/mol. The lowest BCUT2D eigenvalue weighted by Crippen LogP contribution is -2.38. The lowest BCUT2D eigenvalue weighted by atomic mass is 9.92. The number of piperidine rings is 1. The Kier molecular flexibility index (Phi) is 7.97. The number of rotatable bonds is 4. The predicted octanol–water partition coefficient (Wildman–Crippen LogP) is 5.25. The van der Waals surface area contributed by atoms with Crippen molar-refractivity contribution in [3.63, 3.8) is 0 Å². The van der Waals surface area contributed by atoms with Gasteiger partial charge >= 0.3 is 0 Å². The number of nitrogens with one attached hydrogen (secondary N) is 1.